The van der Waals surface area contributed by atoms with Gasteiger partial charge in [-0.3, -0.25) is 19.4 Å². The first-order chi connectivity index (χ1) is 22.2. The molecule has 1 aliphatic heterocycles. The molecule has 0 bridgehead atoms. The highest BCUT2D eigenvalue weighted by Gasteiger charge is 2.34. The molecule has 12 heteroatoms. The second kappa shape index (κ2) is 13.6. The summed E-state index contributed by atoms with van der Waals surface area (Å²) in [7, 11) is 3.09. The highest BCUT2D eigenvalue weighted by molar-refractivity contribution is 6.06. The third-order valence-corrected chi connectivity index (χ3v) is 7.21. The van der Waals surface area contributed by atoms with Gasteiger partial charge in [-0.25, -0.2) is 9.78 Å². The van der Waals surface area contributed by atoms with Crippen LogP contribution in [0, 0.1) is 6.92 Å². The van der Waals surface area contributed by atoms with E-state index in [9.17, 15) is 14.4 Å². The molecule has 4 aromatic rings. The van der Waals surface area contributed by atoms with Crippen LogP contribution in [0.3, 0.4) is 0 Å². The minimum absolute atomic E-state index is 0.128. The predicted molar refractivity (Wildman–Crippen MR) is 178 cm³/mol. The summed E-state index contributed by atoms with van der Waals surface area (Å²) in [6.45, 7) is 9.23. The molecule has 0 saturated heterocycles. The number of nitrogens with one attached hydrogen (secondary N) is 3. The number of para-hydroxylation sites is 1. The van der Waals surface area contributed by atoms with Crippen LogP contribution in [0.5, 0.6) is 11.5 Å². The number of carbonyl (C=O) groups is 3. The summed E-state index contributed by atoms with van der Waals surface area (Å²) < 4.78 is 10.9. The van der Waals surface area contributed by atoms with Crippen molar-refractivity contribution < 1.29 is 23.9 Å². The third kappa shape index (κ3) is 6.81. The molecular formula is C34H33N7O5. The van der Waals surface area contributed by atoms with E-state index in [4.69, 9.17) is 14.5 Å². The molecule has 0 aliphatic carbocycles. The maximum atomic E-state index is 14.3. The van der Waals surface area contributed by atoms with Crippen LogP contribution < -0.4 is 35.2 Å². The first-order valence-corrected chi connectivity index (χ1v) is 14.2. The Morgan fingerprint density at radius 1 is 0.957 bits per heavy atom. The Kier molecular flexibility index (Phi) is 9.27. The molecule has 12 nitrogen and oxygen atoms in total. The van der Waals surface area contributed by atoms with Gasteiger partial charge < -0.3 is 25.4 Å². The number of ether oxygens (including phenoxy) is 2. The lowest BCUT2D eigenvalue weighted by atomic mass is 10.1. The highest BCUT2D eigenvalue weighted by atomic mass is 16.5. The number of amides is 4. The quantitative estimate of drug-likeness (QED) is 0.175. The van der Waals surface area contributed by atoms with E-state index in [2.05, 4.69) is 34.1 Å². The third-order valence-electron chi connectivity index (χ3n) is 7.21. The van der Waals surface area contributed by atoms with Crippen molar-refractivity contribution in [2.75, 3.05) is 40.0 Å². The number of nitrogens with zero attached hydrogens (tertiary/aromatic N) is 4. The number of benzene rings is 3. The summed E-state index contributed by atoms with van der Waals surface area (Å²) in [5.74, 6) is 0.968. The lowest BCUT2D eigenvalue weighted by Crippen LogP contribution is -2.47. The number of aryl methyl sites for hydroxylation is 1. The van der Waals surface area contributed by atoms with Gasteiger partial charge in [-0.2, -0.15) is 4.98 Å². The number of hydrogen-bond donors (Lipinski definition) is 3. The number of hydrogen-bond acceptors (Lipinski definition) is 8. The SMILES string of the molecule is C=CC(=O)Nc1cccc(CN2C(=O)N(c3cc(OC)cc(OC)c3)Cc3cnc(Nc4c(C)cccc4NC(=O)C=C)nc32)c1. The van der Waals surface area contributed by atoms with Gasteiger partial charge in [-0.1, -0.05) is 37.4 Å². The fourth-order valence-corrected chi connectivity index (χ4v) is 4.93. The number of fused-ring (bicyclic) bond motifs is 1. The molecule has 46 heavy (non-hydrogen) atoms. The number of rotatable bonds is 11. The largest absolute Gasteiger partial charge is 0.497 e. The number of carbonyl (C=O) groups excluding carboxylic acids is 3. The lowest BCUT2D eigenvalue weighted by Gasteiger charge is -2.36. The van der Waals surface area contributed by atoms with Crippen molar-refractivity contribution in [3.63, 3.8) is 0 Å². The van der Waals surface area contributed by atoms with Crippen molar-refractivity contribution in [2.45, 2.75) is 20.0 Å². The fourth-order valence-electron chi connectivity index (χ4n) is 4.93. The van der Waals surface area contributed by atoms with Crippen LogP contribution >= 0.6 is 0 Å². The van der Waals surface area contributed by atoms with E-state index in [1.165, 1.54) is 12.2 Å². The van der Waals surface area contributed by atoms with Gasteiger partial charge in [0.25, 0.3) is 0 Å². The number of anilines is 6. The van der Waals surface area contributed by atoms with E-state index >= 15 is 0 Å². The zero-order valence-corrected chi connectivity index (χ0v) is 25.7. The van der Waals surface area contributed by atoms with Crippen LogP contribution in [-0.4, -0.2) is 42.0 Å². The van der Waals surface area contributed by atoms with Gasteiger partial charge in [-0.05, 0) is 48.4 Å². The normalized spacial score (nSPS) is 12.1. The molecule has 0 saturated carbocycles. The summed E-state index contributed by atoms with van der Waals surface area (Å²) in [4.78, 5) is 50.8. The van der Waals surface area contributed by atoms with Gasteiger partial charge in [0.2, 0.25) is 17.8 Å². The van der Waals surface area contributed by atoms with Crippen LogP contribution in [0.25, 0.3) is 0 Å². The zero-order valence-electron chi connectivity index (χ0n) is 25.7. The van der Waals surface area contributed by atoms with Crippen LogP contribution in [0.1, 0.15) is 16.7 Å². The minimum Gasteiger partial charge on any atom is -0.497 e. The Bertz CT molecular complexity index is 1820. The van der Waals surface area contributed by atoms with Gasteiger partial charge in [0, 0.05) is 35.6 Å². The minimum atomic E-state index is -0.363. The Labute approximate surface area is 266 Å². The van der Waals surface area contributed by atoms with Gasteiger partial charge in [0.15, 0.2) is 0 Å². The summed E-state index contributed by atoms with van der Waals surface area (Å²) in [5.41, 5.74) is 4.51. The van der Waals surface area contributed by atoms with E-state index < -0.39 is 0 Å². The van der Waals surface area contributed by atoms with Crippen LogP contribution in [0.4, 0.5) is 39.3 Å². The first kappa shape index (κ1) is 31.3. The van der Waals surface area contributed by atoms with Crippen molar-refractivity contribution in [2.24, 2.45) is 0 Å². The molecule has 234 valence electrons. The molecule has 1 aromatic heterocycles. The summed E-state index contributed by atoms with van der Waals surface area (Å²) in [5, 5.41) is 8.77. The maximum Gasteiger partial charge on any atom is 0.330 e. The van der Waals surface area contributed by atoms with Gasteiger partial charge in [0.1, 0.15) is 17.3 Å². The molecule has 0 spiro atoms. The molecule has 0 atom stereocenters. The lowest BCUT2D eigenvalue weighted by molar-refractivity contribution is -0.112. The monoisotopic (exact) mass is 619 g/mol. The number of aromatic nitrogens is 2. The molecule has 5 rings (SSSR count). The predicted octanol–water partition coefficient (Wildman–Crippen LogP) is 5.94. The Morgan fingerprint density at radius 3 is 2.35 bits per heavy atom. The first-order valence-electron chi connectivity index (χ1n) is 14.2. The Morgan fingerprint density at radius 2 is 1.65 bits per heavy atom. The molecule has 2 heterocycles. The average molecular weight is 620 g/mol. The second-order valence-corrected chi connectivity index (χ2v) is 10.3. The van der Waals surface area contributed by atoms with E-state index in [1.54, 1.807) is 72.7 Å². The van der Waals surface area contributed by atoms with E-state index in [0.717, 1.165) is 11.1 Å². The van der Waals surface area contributed by atoms with Crippen LogP contribution in [0.15, 0.2) is 92.2 Å². The Hall–Kier alpha value is -6.17. The van der Waals surface area contributed by atoms with Gasteiger partial charge in [-0.15, -0.1) is 0 Å². The molecule has 1 aliphatic rings. The molecule has 0 fully saturated rings. The van der Waals surface area contributed by atoms with Crippen molar-refractivity contribution >= 4 is 52.4 Å². The van der Waals surface area contributed by atoms with Crippen molar-refractivity contribution in [1.82, 2.24) is 9.97 Å². The van der Waals surface area contributed by atoms with Crippen molar-refractivity contribution in [3.8, 4) is 11.5 Å². The van der Waals surface area contributed by atoms with E-state index in [1.807, 2.05) is 25.1 Å². The zero-order chi connectivity index (χ0) is 32.8. The molecule has 3 N–H and O–H groups in total. The summed E-state index contributed by atoms with van der Waals surface area (Å²) in [6.07, 6.45) is 4.04. The molecule has 0 unspecified atom stereocenters. The average Bonchev–Trinajstić information content (AvgIpc) is 3.07. The van der Waals surface area contributed by atoms with Crippen LogP contribution in [-0.2, 0) is 22.7 Å². The fraction of sp³-hybridized carbons (Fsp3) is 0.147. The Balaban J connectivity index is 1.56. The van der Waals surface area contributed by atoms with Crippen LogP contribution in [0.2, 0.25) is 0 Å². The highest BCUT2D eigenvalue weighted by Crippen LogP contribution is 2.36. The molecule has 0 radical (unpaired) electrons. The molecule has 3 aromatic carbocycles. The number of urea groups is 1. The standard InChI is InChI=1S/C34H33N7O5/c1-6-29(42)36-24-12-9-11-22(14-24)19-41-32-23(20-40(34(41)44)25-15-26(45-4)17-27(16-25)46-5)18-35-33(39-32)38-31-21(3)10-8-13-28(31)37-30(43)7-2/h6-18H,1-2,19-20H2,3-5H3,(H,36,42)(H,37,43)(H,35,38,39). The second-order valence-electron chi connectivity index (χ2n) is 10.3. The van der Waals surface area contributed by atoms with E-state index in [0.29, 0.717) is 45.6 Å². The summed E-state index contributed by atoms with van der Waals surface area (Å²) >= 11 is 0. The summed E-state index contributed by atoms with van der Waals surface area (Å²) in [6, 6.07) is 17.5. The number of methoxy groups -OCH3 is 2. The van der Waals surface area contributed by atoms with Crippen molar-refractivity contribution in [1.29, 1.82) is 0 Å². The smallest absolute Gasteiger partial charge is 0.330 e. The van der Waals surface area contributed by atoms with Gasteiger partial charge in [0.05, 0.1) is 44.4 Å². The van der Waals surface area contributed by atoms with Gasteiger partial charge >= 0.3 is 6.03 Å². The topological polar surface area (TPSA) is 138 Å². The molecule has 4 amide bonds. The maximum absolute atomic E-state index is 14.3. The van der Waals surface area contributed by atoms with Crippen molar-refractivity contribution in [3.05, 3.63) is 109 Å². The van der Waals surface area contributed by atoms with E-state index in [-0.39, 0.29) is 36.9 Å². The molecular weight excluding hydrogens is 586 g/mol.